The number of alkyl halides is 3. The van der Waals surface area contributed by atoms with Crippen LogP contribution in [-0.2, 0) is 22.2 Å². The standard InChI is InChI=1S/C25H23F3N2O2/c26-25(27,28)21-14-12-20(13-15-21)24(19-9-5-2-6-10-19)30-23(32)17-29-22(31)16-11-18-7-3-1-4-8-18/h1-10,12-15,24H,11,16-17H2,(H,29,31)(H,30,32). The van der Waals surface area contributed by atoms with Gasteiger partial charge in [-0.3, -0.25) is 9.59 Å². The summed E-state index contributed by atoms with van der Waals surface area (Å²) in [6, 6.07) is 22.5. The Labute approximate surface area is 184 Å². The average molecular weight is 440 g/mol. The van der Waals surface area contributed by atoms with Gasteiger partial charge in [0.1, 0.15) is 0 Å². The Morgan fingerprint density at radius 2 is 1.31 bits per heavy atom. The number of rotatable bonds is 8. The van der Waals surface area contributed by atoms with Crippen molar-refractivity contribution in [3.05, 3.63) is 107 Å². The number of benzene rings is 3. The van der Waals surface area contributed by atoms with Crippen molar-refractivity contribution in [1.29, 1.82) is 0 Å². The van der Waals surface area contributed by atoms with Gasteiger partial charge in [-0.25, -0.2) is 0 Å². The van der Waals surface area contributed by atoms with E-state index >= 15 is 0 Å². The van der Waals surface area contributed by atoms with E-state index in [4.69, 9.17) is 0 Å². The summed E-state index contributed by atoms with van der Waals surface area (Å²) in [5, 5.41) is 5.39. The maximum atomic E-state index is 12.9. The van der Waals surface area contributed by atoms with E-state index in [1.165, 1.54) is 12.1 Å². The Morgan fingerprint density at radius 3 is 1.91 bits per heavy atom. The van der Waals surface area contributed by atoms with Gasteiger partial charge in [-0.1, -0.05) is 72.8 Å². The molecule has 0 bridgehead atoms. The van der Waals surface area contributed by atoms with Gasteiger partial charge < -0.3 is 10.6 Å². The van der Waals surface area contributed by atoms with Gasteiger partial charge in [-0.2, -0.15) is 13.2 Å². The van der Waals surface area contributed by atoms with Gasteiger partial charge >= 0.3 is 6.18 Å². The van der Waals surface area contributed by atoms with E-state index in [1.54, 1.807) is 24.3 Å². The number of aryl methyl sites for hydroxylation is 1. The lowest BCUT2D eigenvalue weighted by Crippen LogP contribution is -2.39. The first-order valence-corrected chi connectivity index (χ1v) is 10.1. The molecule has 0 spiro atoms. The largest absolute Gasteiger partial charge is 0.416 e. The minimum Gasteiger partial charge on any atom is -0.347 e. The summed E-state index contributed by atoms with van der Waals surface area (Å²) >= 11 is 0. The molecule has 2 N–H and O–H groups in total. The fraction of sp³-hybridized carbons (Fsp3) is 0.200. The number of carbonyl (C=O) groups is 2. The SMILES string of the molecule is O=C(CCc1ccccc1)NCC(=O)NC(c1ccccc1)c1ccc(C(F)(F)F)cc1. The van der Waals surface area contributed by atoms with E-state index in [0.29, 0.717) is 12.0 Å². The summed E-state index contributed by atoms with van der Waals surface area (Å²) in [4.78, 5) is 24.6. The van der Waals surface area contributed by atoms with Crippen molar-refractivity contribution in [2.45, 2.75) is 25.1 Å². The van der Waals surface area contributed by atoms with E-state index < -0.39 is 23.7 Å². The number of nitrogens with one attached hydrogen (secondary N) is 2. The second kappa shape index (κ2) is 10.6. The van der Waals surface area contributed by atoms with Crippen molar-refractivity contribution in [2.75, 3.05) is 6.54 Å². The van der Waals surface area contributed by atoms with Crippen LogP contribution in [0.15, 0.2) is 84.9 Å². The van der Waals surface area contributed by atoms with E-state index in [1.807, 2.05) is 36.4 Å². The van der Waals surface area contributed by atoms with Gasteiger partial charge in [0.15, 0.2) is 0 Å². The molecule has 0 aliphatic heterocycles. The van der Waals surface area contributed by atoms with Crippen LogP contribution in [0.5, 0.6) is 0 Å². The quantitative estimate of drug-likeness (QED) is 0.535. The molecule has 1 atom stereocenters. The van der Waals surface area contributed by atoms with Gasteiger partial charge in [0.2, 0.25) is 11.8 Å². The predicted molar refractivity (Wildman–Crippen MR) is 116 cm³/mol. The molecule has 4 nitrogen and oxygen atoms in total. The Bertz CT molecular complexity index is 1020. The third kappa shape index (κ3) is 6.70. The number of hydrogen-bond donors (Lipinski definition) is 2. The Kier molecular flexibility index (Phi) is 7.65. The molecule has 0 saturated heterocycles. The van der Waals surface area contributed by atoms with Gasteiger partial charge in [0, 0.05) is 6.42 Å². The Morgan fingerprint density at radius 1 is 0.750 bits per heavy atom. The van der Waals surface area contributed by atoms with E-state index in [2.05, 4.69) is 10.6 Å². The lowest BCUT2D eigenvalue weighted by atomic mass is 9.97. The monoisotopic (exact) mass is 440 g/mol. The molecule has 0 heterocycles. The summed E-state index contributed by atoms with van der Waals surface area (Å²) in [6.07, 6.45) is -3.63. The van der Waals surface area contributed by atoms with Crippen molar-refractivity contribution in [2.24, 2.45) is 0 Å². The van der Waals surface area contributed by atoms with E-state index in [0.717, 1.165) is 23.3 Å². The summed E-state index contributed by atoms with van der Waals surface area (Å²) in [7, 11) is 0. The molecule has 32 heavy (non-hydrogen) atoms. The molecule has 0 aliphatic rings. The lowest BCUT2D eigenvalue weighted by molar-refractivity contribution is -0.137. The van der Waals surface area contributed by atoms with E-state index in [-0.39, 0.29) is 18.9 Å². The zero-order valence-corrected chi connectivity index (χ0v) is 17.2. The first-order chi connectivity index (χ1) is 15.3. The topological polar surface area (TPSA) is 58.2 Å². The minimum atomic E-state index is -4.44. The molecule has 3 rings (SSSR count). The lowest BCUT2D eigenvalue weighted by Gasteiger charge is -2.21. The summed E-state index contributed by atoms with van der Waals surface area (Å²) in [5.74, 6) is -0.693. The maximum Gasteiger partial charge on any atom is 0.416 e. The molecule has 3 aromatic carbocycles. The minimum absolute atomic E-state index is 0.225. The highest BCUT2D eigenvalue weighted by atomic mass is 19.4. The van der Waals surface area contributed by atoms with Crippen LogP contribution >= 0.6 is 0 Å². The third-order valence-electron chi connectivity index (χ3n) is 4.94. The molecule has 3 aromatic rings. The first kappa shape index (κ1) is 23.1. The van der Waals surface area contributed by atoms with Crippen molar-refractivity contribution in [3.8, 4) is 0 Å². The Balaban J connectivity index is 1.62. The van der Waals surface area contributed by atoms with Crippen LogP contribution in [0.2, 0.25) is 0 Å². The van der Waals surface area contributed by atoms with Crippen molar-refractivity contribution in [3.63, 3.8) is 0 Å². The van der Waals surface area contributed by atoms with Gasteiger partial charge in [0.25, 0.3) is 0 Å². The number of amides is 2. The van der Waals surface area contributed by atoms with Crippen molar-refractivity contribution >= 4 is 11.8 Å². The fourth-order valence-corrected chi connectivity index (χ4v) is 3.25. The van der Waals surface area contributed by atoms with Crippen LogP contribution in [0.25, 0.3) is 0 Å². The number of halogens is 3. The third-order valence-corrected chi connectivity index (χ3v) is 4.94. The summed E-state index contributed by atoms with van der Waals surface area (Å²) in [5.41, 5.74) is 1.49. The molecule has 0 saturated carbocycles. The first-order valence-electron chi connectivity index (χ1n) is 10.1. The molecule has 0 aromatic heterocycles. The molecule has 0 radical (unpaired) electrons. The van der Waals surface area contributed by atoms with Crippen LogP contribution in [0.1, 0.15) is 34.7 Å². The van der Waals surface area contributed by atoms with Crippen LogP contribution in [0.3, 0.4) is 0 Å². The normalized spacial score (nSPS) is 12.1. The summed E-state index contributed by atoms with van der Waals surface area (Å²) < 4.78 is 38.7. The molecule has 7 heteroatoms. The van der Waals surface area contributed by atoms with Gasteiger partial charge in [-0.05, 0) is 35.2 Å². The fourth-order valence-electron chi connectivity index (χ4n) is 3.25. The molecule has 0 aliphatic carbocycles. The molecule has 166 valence electrons. The smallest absolute Gasteiger partial charge is 0.347 e. The molecular formula is C25H23F3N2O2. The summed E-state index contributed by atoms with van der Waals surface area (Å²) in [6.45, 7) is -0.225. The van der Waals surface area contributed by atoms with E-state index in [9.17, 15) is 22.8 Å². The van der Waals surface area contributed by atoms with Crippen molar-refractivity contribution < 1.29 is 22.8 Å². The predicted octanol–water partition coefficient (Wildman–Crippen LogP) is 4.66. The van der Waals surface area contributed by atoms with Crippen LogP contribution < -0.4 is 10.6 Å². The van der Waals surface area contributed by atoms with Gasteiger partial charge in [0.05, 0.1) is 18.2 Å². The highest BCUT2D eigenvalue weighted by Crippen LogP contribution is 2.31. The van der Waals surface area contributed by atoms with Crippen LogP contribution in [0, 0.1) is 0 Å². The second-order valence-corrected chi connectivity index (χ2v) is 7.29. The molecular weight excluding hydrogens is 417 g/mol. The number of hydrogen-bond acceptors (Lipinski definition) is 2. The van der Waals surface area contributed by atoms with Crippen molar-refractivity contribution in [1.82, 2.24) is 10.6 Å². The van der Waals surface area contributed by atoms with Gasteiger partial charge in [-0.15, -0.1) is 0 Å². The maximum absolute atomic E-state index is 12.9. The zero-order chi connectivity index (χ0) is 23.0. The number of carbonyl (C=O) groups excluding carboxylic acids is 2. The van der Waals surface area contributed by atoms with Crippen LogP contribution in [-0.4, -0.2) is 18.4 Å². The molecule has 2 amide bonds. The molecule has 0 fully saturated rings. The average Bonchev–Trinajstić information content (AvgIpc) is 2.80. The molecule has 1 unspecified atom stereocenters. The second-order valence-electron chi connectivity index (χ2n) is 7.29. The Hall–Kier alpha value is -3.61. The zero-order valence-electron chi connectivity index (χ0n) is 17.2. The highest BCUT2D eigenvalue weighted by molar-refractivity contribution is 5.85. The van der Waals surface area contributed by atoms with Crippen LogP contribution in [0.4, 0.5) is 13.2 Å². The highest BCUT2D eigenvalue weighted by Gasteiger charge is 2.30.